The Balaban J connectivity index is 3.10. The van der Waals surface area contributed by atoms with Gasteiger partial charge in [0.15, 0.2) is 0 Å². The van der Waals surface area contributed by atoms with E-state index in [9.17, 15) is 0 Å². The second-order valence-electron chi connectivity index (χ2n) is 3.14. The van der Waals surface area contributed by atoms with E-state index < -0.39 is 0 Å². The number of hydrogen-bond donors (Lipinski definition) is 0. The van der Waals surface area contributed by atoms with Gasteiger partial charge < -0.3 is 4.74 Å². The molecule has 1 unspecified atom stereocenters. The highest BCUT2D eigenvalue weighted by molar-refractivity contribution is 5.46. The zero-order chi connectivity index (χ0) is 11.3. The maximum Gasteiger partial charge on any atom is 0.137 e. The molecule has 0 N–H and O–H groups in total. The van der Waals surface area contributed by atoms with Crippen molar-refractivity contribution in [2.24, 2.45) is 0 Å². The Morgan fingerprint density at radius 1 is 1.60 bits per heavy atom. The number of nitriles is 1. The lowest BCUT2D eigenvalue weighted by molar-refractivity contribution is 0.339. The van der Waals surface area contributed by atoms with E-state index in [4.69, 9.17) is 10.00 Å². The molecule has 2 nitrogen and oxygen atoms in total. The second kappa shape index (κ2) is 5.21. The van der Waals surface area contributed by atoms with Crippen molar-refractivity contribution in [3.8, 4) is 11.8 Å². The molecule has 0 saturated heterocycles. The van der Waals surface area contributed by atoms with Crippen LogP contribution in [0.5, 0.6) is 5.75 Å². The SMILES string of the molecule is [CH2]C(C=C)c1ccc(C#N)c(OCC)c1. The summed E-state index contributed by atoms with van der Waals surface area (Å²) in [6.45, 7) is 10.1. The first-order chi connectivity index (χ1) is 7.22. The molecule has 15 heavy (non-hydrogen) atoms. The second-order valence-corrected chi connectivity index (χ2v) is 3.14. The molecule has 1 aromatic carbocycles. The van der Waals surface area contributed by atoms with Crippen molar-refractivity contribution in [3.63, 3.8) is 0 Å². The third-order valence-electron chi connectivity index (χ3n) is 2.14. The Bertz CT molecular complexity index is 390. The molecule has 0 bridgehead atoms. The van der Waals surface area contributed by atoms with Crippen molar-refractivity contribution in [1.29, 1.82) is 5.26 Å². The lowest BCUT2D eigenvalue weighted by Gasteiger charge is -2.10. The molecule has 2 heteroatoms. The number of benzene rings is 1. The van der Waals surface area contributed by atoms with E-state index in [-0.39, 0.29) is 5.92 Å². The number of nitrogens with zero attached hydrogens (tertiary/aromatic N) is 1. The molecule has 1 rings (SSSR count). The minimum Gasteiger partial charge on any atom is -0.492 e. The Morgan fingerprint density at radius 3 is 2.87 bits per heavy atom. The molecule has 1 aromatic rings. The van der Waals surface area contributed by atoms with Crippen molar-refractivity contribution >= 4 is 0 Å². The first kappa shape index (κ1) is 11.3. The molecule has 0 amide bonds. The minimum absolute atomic E-state index is 0.0250. The zero-order valence-corrected chi connectivity index (χ0v) is 8.86. The molecule has 0 aromatic heterocycles. The van der Waals surface area contributed by atoms with Crippen LogP contribution in [0.2, 0.25) is 0 Å². The van der Waals surface area contributed by atoms with Gasteiger partial charge in [-0.05, 0) is 31.5 Å². The van der Waals surface area contributed by atoms with Crippen LogP contribution in [0.4, 0.5) is 0 Å². The molecule has 0 fully saturated rings. The van der Waals surface area contributed by atoms with Crippen LogP contribution >= 0.6 is 0 Å². The highest BCUT2D eigenvalue weighted by Gasteiger charge is 2.07. The standard InChI is InChI=1S/C13H14NO/c1-4-10(3)11-6-7-12(9-14)13(8-11)15-5-2/h4,6-8,10H,1,3,5H2,2H3. The zero-order valence-electron chi connectivity index (χ0n) is 8.86. The summed E-state index contributed by atoms with van der Waals surface area (Å²) < 4.78 is 5.38. The van der Waals surface area contributed by atoms with Crippen LogP contribution < -0.4 is 4.74 Å². The van der Waals surface area contributed by atoms with Crippen LogP contribution in [-0.2, 0) is 0 Å². The Hall–Kier alpha value is -1.75. The van der Waals surface area contributed by atoms with E-state index >= 15 is 0 Å². The minimum atomic E-state index is 0.0250. The maximum atomic E-state index is 8.87. The summed E-state index contributed by atoms with van der Waals surface area (Å²) in [7, 11) is 0. The number of allylic oxidation sites excluding steroid dienone is 1. The van der Waals surface area contributed by atoms with E-state index in [0.717, 1.165) is 5.56 Å². The van der Waals surface area contributed by atoms with Crippen LogP contribution in [0.1, 0.15) is 24.0 Å². The van der Waals surface area contributed by atoms with E-state index in [1.807, 2.05) is 19.1 Å². The van der Waals surface area contributed by atoms with Gasteiger partial charge in [-0.1, -0.05) is 12.1 Å². The predicted octanol–water partition coefficient (Wildman–Crippen LogP) is 3.06. The fourth-order valence-corrected chi connectivity index (χ4v) is 1.27. The quantitative estimate of drug-likeness (QED) is 0.700. The largest absolute Gasteiger partial charge is 0.492 e. The first-order valence-electron chi connectivity index (χ1n) is 4.85. The van der Waals surface area contributed by atoms with Gasteiger partial charge in [0.1, 0.15) is 11.8 Å². The highest BCUT2D eigenvalue weighted by atomic mass is 16.5. The summed E-state index contributed by atoms with van der Waals surface area (Å²) in [4.78, 5) is 0. The molecule has 0 heterocycles. The number of hydrogen-bond acceptors (Lipinski definition) is 2. The smallest absolute Gasteiger partial charge is 0.137 e. The molecule has 77 valence electrons. The van der Waals surface area contributed by atoms with Gasteiger partial charge in [0.2, 0.25) is 0 Å². The Kier molecular flexibility index (Phi) is 3.93. The van der Waals surface area contributed by atoms with Crippen molar-refractivity contribution in [3.05, 3.63) is 48.9 Å². The van der Waals surface area contributed by atoms with E-state index in [2.05, 4.69) is 19.6 Å². The predicted molar refractivity (Wildman–Crippen MR) is 60.6 cm³/mol. The van der Waals surface area contributed by atoms with Gasteiger partial charge in [0.25, 0.3) is 0 Å². The van der Waals surface area contributed by atoms with Crippen molar-refractivity contribution in [1.82, 2.24) is 0 Å². The highest BCUT2D eigenvalue weighted by Crippen LogP contribution is 2.24. The monoisotopic (exact) mass is 200 g/mol. The normalized spacial score (nSPS) is 11.5. The molecule has 0 spiro atoms. The summed E-state index contributed by atoms with van der Waals surface area (Å²) in [5.74, 6) is 0.643. The Labute approximate surface area is 90.8 Å². The van der Waals surface area contributed by atoms with Gasteiger partial charge in [-0.2, -0.15) is 5.26 Å². The maximum absolute atomic E-state index is 8.87. The van der Waals surface area contributed by atoms with Crippen molar-refractivity contribution in [2.75, 3.05) is 6.61 Å². The molecule has 0 aliphatic carbocycles. The summed E-state index contributed by atoms with van der Waals surface area (Å²) in [6.07, 6.45) is 1.76. The van der Waals surface area contributed by atoms with Gasteiger partial charge in [-0.3, -0.25) is 0 Å². The van der Waals surface area contributed by atoms with Crippen LogP contribution in [0.3, 0.4) is 0 Å². The van der Waals surface area contributed by atoms with E-state index in [1.165, 1.54) is 0 Å². The van der Waals surface area contributed by atoms with Crippen LogP contribution in [0.15, 0.2) is 30.9 Å². The molecular formula is C13H14NO. The molecule has 1 atom stereocenters. The molecule has 1 radical (unpaired) electrons. The van der Waals surface area contributed by atoms with Gasteiger partial charge >= 0.3 is 0 Å². The lowest BCUT2D eigenvalue weighted by atomic mass is 9.99. The van der Waals surface area contributed by atoms with E-state index in [1.54, 1.807) is 12.1 Å². The van der Waals surface area contributed by atoms with Gasteiger partial charge in [-0.15, -0.1) is 6.58 Å². The third kappa shape index (κ3) is 2.60. The van der Waals surface area contributed by atoms with Crippen LogP contribution in [-0.4, -0.2) is 6.61 Å². The summed E-state index contributed by atoms with van der Waals surface area (Å²) in [5, 5.41) is 8.87. The lowest BCUT2D eigenvalue weighted by Crippen LogP contribution is -1.97. The number of ether oxygens (including phenoxy) is 1. The van der Waals surface area contributed by atoms with Crippen LogP contribution in [0, 0.1) is 18.3 Å². The fourth-order valence-electron chi connectivity index (χ4n) is 1.27. The topological polar surface area (TPSA) is 33.0 Å². The number of rotatable bonds is 4. The molecular weight excluding hydrogens is 186 g/mol. The average molecular weight is 200 g/mol. The Morgan fingerprint density at radius 2 is 2.33 bits per heavy atom. The van der Waals surface area contributed by atoms with Gasteiger partial charge in [0, 0.05) is 5.92 Å². The average Bonchev–Trinajstić information content (AvgIpc) is 2.28. The third-order valence-corrected chi connectivity index (χ3v) is 2.14. The van der Waals surface area contributed by atoms with Crippen molar-refractivity contribution < 1.29 is 4.74 Å². The van der Waals surface area contributed by atoms with Crippen molar-refractivity contribution in [2.45, 2.75) is 12.8 Å². The van der Waals surface area contributed by atoms with Gasteiger partial charge in [-0.25, -0.2) is 0 Å². The summed E-state index contributed by atoms with van der Waals surface area (Å²) in [6, 6.07) is 7.57. The fraction of sp³-hybridized carbons (Fsp3) is 0.231. The van der Waals surface area contributed by atoms with Crippen LogP contribution in [0.25, 0.3) is 0 Å². The summed E-state index contributed by atoms with van der Waals surface area (Å²) in [5.41, 5.74) is 1.56. The molecule has 0 saturated carbocycles. The summed E-state index contributed by atoms with van der Waals surface area (Å²) >= 11 is 0. The molecule has 0 aliphatic rings. The molecule has 0 aliphatic heterocycles. The first-order valence-corrected chi connectivity index (χ1v) is 4.85. The van der Waals surface area contributed by atoms with Gasteiger partial charge in [0.05, 0.1) is 12.2 Å². The van der Waals surface area contributed by atoms with E-state index in [0.29, 0.717) is 17.9 Å².